The second-order valence-corrected chi connectivity index (χ2v) is 10.6. The third-order valence-electron chi connectivity index (χ3n) is 5.00. The summed E-state index contributed by atoms with van der Waals surface area (Å²) in [7, 11) is 0. The van der Waals surface area contributed by atoms with Gasteiger partial charge in [-0.15, -0.1) is 11.8 Å². The van der Waals surface area contributed by atoms with Crippen molar-refractivity contribution in [2.75, 3.05) is 16.0 Å². The Morgan fingerprint density at radius 2 is 2.06 bits per heavy atom. The van der Waals surface area contributed by atoms with Crippen LogP contribution in [0.4, 0.5) is 11.4 Å². The molecule has 3 unspecified atom stereocenters. The molecule has 2 heterocycles. The van der Waals surface area contributed by atoms with Crippen molar-refractivity contribution in [2.24, 2.45) is 0 Å². The maximum Gasteiger partial charge on any atom is 0.238 e. The van der Waals surface area contributed by atoms with Crippen molar-refractivity contribution < 1.29 is 9.59 Å². The van der Waals surface area contributed by atoms with E-state index < -0.39 is 5.50 Å². The molecule has 6 nitrogen and oxygen atoms in total. The Hall–Kier alpha value is -1.78. The van der Waals surface area contributed by atoms with Gasteiger partial charge in [0.2, 0.25) is 11.8 Å². The molecule has 2 aliphatic heterocycles. The van der Waals surface area contributed by atoms with Crippen molar-refractivity contribution >= 4 is 74.9 Å². The minimum Gasteiger partial charge on any atom is -0.331 e. The second kappa shape index (κ2) is 9.38. The Morgan fingerprint density at radius 3 is 2.81 bits per heavy atom. The largest absolute Gasteiger partial charge is 0.331 e. The molecule has 2 amide bonds. The molecule has 0 spiro atoms. The van der Waals surface area contributed by atoms with Gasteiger partial charge in [-0.3, -0.25) is 14.9 Å². The summed E-state index contributed by atoms with van der Waals surface area (Å²) in [5, 5.41) is 9.33. The number of thioether (sulfide) groups is 2. The highest BCUT2D eigenvalue weighted by atomic mass is 35.5. The summed E-state index contributed by atoms with van der Waals surface area (Å²) in [5.41, 5.74) is 3.23. The molecular weight excluding hydrogens is 472 g/mol. The third-order valence-corrected chi connectivity index (χ3v) is 7.94. The highest BCUT2D eigenvalue weighted by Crippen LogP contribution is 2.38. The number of nitrogens with one attached hydrogen (secondary N) is 3. The number of thiocarbonyl (C=S) groups is 1. The number of fused-ring (bicyclic) bond motifs is 1. The first-order valence-corrected chi connectivity index (χ1v) is 12.3. The summed E-state index contributed by atoms with van der Waals surface area (Å²) in [5.74, 6) is -0.130. The van der Waals surface area contributed by atoms with Gasteiger partial charge < -0.3 is 15.5 Å². The van der Waals surface area contributed by atoms with Crippen LogP contribution in [-0.2, 0) is 9.59 Å². The van der Waals surface area contributed by atoms with E-state index in [-0.39, 0.29) is 29.0 Å². The van der Waals surface area contributed by atoms with Crippen LogP contribution >= 0.6 is 47.3 Å². The van der Waals surface area contributed by atoms with Gasteiger partial charge in [0, 0.05) is 5.69 Å². The van der Waals surface area contributed by atoms with Crippen molar-refractivity contribution in [3.8, 4) is 0 Å². The van der Waals surface area contributed by atoms with Crippen LogP contribution in [0.2, 0.25) is 5.02 Å². The number of hydrogen-bond donors (Lipinski definition) is 3. The number of aryl methyl sites for hydroxylation is 2. The molecule has 31 heavy (non-hydrogen) atoms. The number of carbonyl (C=O) groups excluding carboxylic acids is 2. The normalized spacial score (nSPS) is 22.8. The van der Waals surface area contributed by atoms with Gasteiger partial charge >= 0.3 is 0 Å². The van der Waals surface area contributed by atoms with Crippen molar-refractivity contribution in [1.29, 1.82) is 0 Å². The van der Waals surface area contributed by atoms with Crippen LogP contribution < -0.4 is 20.9 Å². The number of anilines is 2. The third kappa shape index (κ3) is 4.85. The number of nitrogens with zero attached hydrogens (tertiary/aromatic N) is 1. The van der Waals surface area contributed by atoms with Crippen molar-refractivity contribution in [1.82, 2.24) is 10.6 Å². The van der Waals surface area contributed by atoms with Crippen molar-refractivity contribution in [3.63, 3.8) is 0 Å². The van der Waals surface area contributed by atoms with Gasteiger partial charge in [-0.05, 0) is 43.2 Å². The van der Waals surface area contributed by atoms with E-state index >= 15 is 0 Å². The lowest BCUT2D eigenvalue weighted by Gasteiger charge is -2.37. The fraction of sp³-hybridized carbons (Fsp3) is 0.286. The molecule has 2 aromatic carbocycles. The standard InChI is InChI=1S/C21H21ClN4O2S3/c1-11-7-8-14(13(22)9-11)23-16(27)10-30-20-24-18-17(19(28)25-20)31-21(29)26(18)15-6-4-3-5-12(15)2/h3-9,17-18,20,24H,10H2,1-2H3,(H,23,27)(H,25,28). The average molecular weight is 493 g/mol. The molecule has 10 heteroatoms. The molecule has 3 N–H and O–H groups in total. The Bertz CT molecular complexity index is 1050. The zero-order valence-electron chi connectivity index (χ0n) is 16.8. The summed E-state index contributed by atoms with van der Waals surface area (Å²) >= 11 is 14.5. The lowest BCUT2D eigenvalue weighted by molar-refractivity contribution is -0.122. The highest BCUT2D eigenvalue weighted by molar-refractivity contribution is 8.24. The van der Waals surface area contributed by atoms with E-state index in [9.17, 15) is 9.59 Å². The number of halogens is 1. The zero-order chi connectivity index (χ0) is 22.1. The molecule has 0 bridgehead atoms. The van der Waals surface area contributed by atoms with Crippen LogP contribution in [0.25, 0.3) is 0 Å². The van der Waals surface area contributed by atoms with Gasteiger partial charge in [-0.2, -0.15) is 0 Å². The minimum absolute atomic E-state index is 0.0910. The summed E-state index contributed by atoms with van der Waals surface area (Å²) in [6.45, 7) is 3.96. The minimum atomic E-state index is -0.416. The second-order valence-electron chi connectivity index (χ2n) is 7.30. The summed E-state index contributed by atoms with van der Waals surface area (Å²) < 4.78 is 0.657. The van der Waals surface area contributed by atoms with E-state index in [1.54, 1.807) is 12.1 Å². The van der Waals surface area contributed by atoms with Gasteiger partial charge in [-0.1, -0.05) is 59.8 Å². The zero-order valence-corrected chi connectivity index (χ0v) is 20.1. The van der Waals surface area contributed by atoms with Crippen LogP contribution in [0.3, 0.4) is 0 Å². The maximum atomic E-state index is 12.7. The van der Waals surface area contributed by atoms with Crippen LogP contribution in [0, 0.1) is 13.8 Å². The molecule has 0 aliphatic carbocycles. The molecule has 0 aromatic heterocycles. The lowest BCUT2D eigenvalue weighted by Crippen LogP contribution is -2.64. The van der Waals surface area contributed by atoms with Crippen molar-refractivity contribution in [3.05, 3.63) is 58.6 Å². The van der Waals surface area contributed by atoms with Gasteiger partial charge in [0.15, 0.2) is 0 Å². The maximum absolute atomic E-state index is 12.7. The molecule has 0 saturated carbocycles. The molecule has 2 aliphatic rings. The van der Waals surface area contributed by atoms with Gasteiger partial charge in [0.05, 0.1) is 16.5 Å². The SMILES string of the molecule is Cc1ccc(NC(=O)CSC2NC(=O)C3SC(=S)N(c4ccccc4C)C3N2)c(Cl)c1. The Labute approximate surface area is 199 Å². The van der Waals surface area contributed by atoms with Crippen LogP contribution in [0.15, 0.2) is 42.5 Å². The highest BCUT2D eigenvalue weighted by Gasteiger charge is 2.48. The fourth-order valence-electron chi connectivity index (χ4n) is 3.48. The molecule has 162 valence electrons. The molecule has 2 fully saturated rings. The fourth-order valence-corrected chi connectivity index (χ4v) is 6.16. The number of rotatable bonds is 5. The molecular formula is C21H21ClN4O2S3. The summed E-state index contributed by atoms with van der Waals surface area (Å²) in [4.78, 5) is 27.1. The summed E-state index contributed by atoms with van der Waals surface area (Å²) in [6, 6.07) is 13.4. The van der Waals surface area contributed by atoms with E-state index in [4.69, 9.17) is 23.8 Å². The van der Waals surface area contributed by atoms with Crippen LogP contribution in [0.1, 0.15) is 11.1 Å². The van der Waals surface area contributed by atoms with E-state index in [0.717, 1.165) is 16.8 Å². The Kier molecular flexibility index (Phi) is 6.78. The molecule has 4 rings (SSSR count). The first-order chi connectivity index (χ1) is 14.8. The van der Waals surface area contributed by atoms with E-state index in [1.807, 2.05) is 49.1 Å². The van der Waals surface area contributed by atoms with Crippen molar-refractivity contribution in [2.45, 2.75) is 30.8 Å². The predicted molar refractivity (Wildman–Crippen MR) is 134 cm³/mol. The molecule has 2 aromatic rings. The van der Waals surface area contributed by atoms with E-state index in [1.165, 1.54) is 23.5 Å². The first kappa shape index (κ1) is 22.4. The number of para-hydroxylation sites is 1. The molecule has 3 atom stereocenters. The molecule has 0 radical (unpaired) electrons. The van der Waals surface area contributed by atoms with E-state index in [2.05, 4.69) is 16.0 Å². The summed E-state index contributed by atoms with van der Waals surface area (Å²) in [6.07, 6.45) is -0.278. The Balaban J connectivity index is 1.42. The first-order valence-electron chi connectivity index (χ1n) is 9.63. The molecule has 2 saturated heterocycles. The number of amides is 2. The quantitative estimate of drug-likeness (QED) is 0.547. The van der Waals surface area contributed by atoms with Gasteiger partial charge in [0.25, 0.3) is 0 Å². The Morgan fingerprint density at radius 1 is 1.29 bits per heavy atom. The monoisotopic (exact) mass is 492 g/mol. The average Bonchev–Trinajstić information content (AvgIpc) is 3.05. The van der Waals surface area contributed by atoms with E-state index in [0.29, 0.717) is 15.0 Å². The lowest BCUT2D eigenvalue weighted by atomic mass is 10.1. The van der Waals surface area contributed by atoms with Crippen LogP contribution in [0.5, 0.6) is 0 Å². The number of hydrogen-bond acceptors (Lipinski definition) is 6. The smallest absolute Gasteiger partial charge is 0.238 e. The van der Waals surface area contributed by atoms with Gasteiger partial charge in [0.1, 0.15) is 21.2 Å². The van der Waals surface area contributed by atoms with Gasteiger partial charge in [-0.25, -0.2) is 0 Å². The van der Waals surface area contributed by atoms with Crippen LogP contribution in [-0.4, -0.2) is 38.8 Å². The number of carbonyl (C=O) groups is 2. The number of benzene rings is 2. The topological polar surface area (TPSA) is 73.5 Å². The predicted octanol–water partition coefficient (Wildman–Crippen LogP) is 3.86.